The van der Waals surface area contributed by atoms with E-state index in [-0.39, 0.29) is 24.2 Å². The first kappa shape index (κ1) is 19.5. The lowest BCUT2D eigenvalue weighted by atomic mass is 9.89. The Hall–Kier alpha value is -2.86. The summed E-state index contributed by atoms with van der Waals surface area (Å²) < 4.78 is 15.6. The molecule has 150 valence electrons. The van der Waals surface area contributed by atoms with E-state index in [1.807, 2.05) is 6.07 Å². The Morgan fingerprint density at radius 2 is 1.86 bits per heavy atom. The molecule has 5 nitrogen and oxygen atoms in total. The van der Waals surface area contributed by atoms with Gasteiger partial charge in [-0.25, -0.2) is 4.39 Å². The summed E-state index contributed by atoms with van der Waals surface area (Å²) in [4.78, 5) is 26.1. The van der Waals surface area contributed by atoms with Crippen molar-refractivity contribution in [1.82, 2.24) is 9.47 Å². The monoisotopic (exact) mass is 414 g/mol. The summed E-state index contributed by atoms with van der Waals surface area (Å²) in [5.74, 6) is -1.25. The van der Waals surface area contributed by atoms with Gasteiger partial charge in [-0.2, -0.15) is 0 Å². The molecule has 0 aliphatic carbocycles. The number of carbonyl (C=O) groups excluding carboxylic acids is 1. The first-order valence-corrected chi connectivity index (χ1v) is 9.85. The molecule has 3 aromatic rings. The van der Waals surface area contributed by atoms with Crippen LogP contribution in [-0.4, -0.2) is 39.5 Å². The molecule has 0 unspecified atom stereocenters. The van der Waals surface area contributed by atoms with Gasteiger partial charge in [-0.15, -0.1) is 0 Å². The molecular formula is C22H20ClFN2O3. The van der Waals surface area contributed by atoms with Crippen molar-refractivity contribution in [2.24, 2.45) is 0 Å². The minimum Gasteiger partial charge on any atom is -0.480 e. The fourth-order valence-electron chi connectivity index (χ4n) is 4.08. The highest BCUT2D eigenvalue weighted by molar-refractivity contribution is 6.31. The van der Waals surface area contributed by atoms with Gasteiger partial charge in [0.05, 0.1) is 11.1 Å². The first-order chi connectivity index (χ1) is 13.9. The maximum atomic E-state index is 14.1. The van der Waals surface area contributed by atoms with E-state index in [0.29, 0.717) is 53.0 Å². The molecule has 29 heavy (non-hydrogen) atoms. The molecule has 0 atom stereocenters. The zero-order chi connectivity index (χ0) is 20.5. The number of aliphatic carboxylic acids is 1. The van der Waals surface area contributed by atoms with Gasteiger partial charge in [-0.3, -0.25) is 9.59 Å². The quantitative estimate of drug-likeness (QED) is 0.681. The molecule has 1 saturated heterocycles. The average molecular weight is 415 g/mol. The molecule has 0 spiro atoms. The number of hydrogen-bond acceptors (Lipinski definition) is 2. The molecule has 0 saturated carbocycles. The molecule has 1 fully saturated rings. The fraction of sp³-hybridized carbons (Fsp3) is 0.273. The number of likely N-dealkylation sites (tertiary alicyclic amines) is 1. The molecule has 1 amide bonds. The Morgan fingerprint density at radius 3 is 2.55 bits per heavy atom. The normalized spacial score (nSPS) is 15.0. The minimum atomic E-state index is -0.994. The lowest BCUT2D eigenvalue weighted by molar-refractivity contribution is -0.137. The van der Waals surface area contributed by atoms with Crippen LogP contribution in [0, 0.1) is 5.82 Å². The molecule has 1 N–H and O–H groups in total. The third kappa shape index (κ3) is 3.85. The smallest absolute Gasteiger partial charge is 0.323 e. The second-order valence-corrected chi connectivity index (χ2v) is 7.75. The van der Waals surface area contributed by atoms with E-state index in [9.17, 15) is 19.1 Å². The van der Waals surface area contributed by atoms with E-state index in [2.05, 4.69) is 0 Å². The van der Waals surface area contributed by atoms with Crippen molar-refractivity contribution in [2.45, 2.75) is 25.3 Å². The van der Waals surface area contributed by atoms with E-state index in [1.54, 1.807) is 41.4 Å². The number of rotatable bonds is 4. The van der Waals surface area contributed by atoms with Crippen LogP contribution in [0.3, 0.4) is 0 Å². The van der Waals surface area contributed by atoms with Crippen molar-refractivity contribution in [3.8, 4) is 0 Å². The van der Waals surface area contributed by atoms with E-state index in [4.69, 9.17) is 11.6 Å². The largest absolute Gasteiger partial charge is 0.480 e. The lowest BCUT2D eigenvalue weighted by Crippen LogP contribution is -2.38. The van der Waals surface area contributed by atoms with E-state index in [0.717, 1.165) is 0 Å². The molecule has 2 heterocycles. The van der Waals surface area contributed by atoms with Gasteiger partial charge < -0.3 is 14.6 Å². The number of fused-ring (bicyclic) bond motifs is 1. The van der Waals surface area contributed by atoms with Crippen molar-refractivity contribution in [2.75, 3.05) is 13.1 Å². The molecule has 4 rings (SSSR count). The highest BCUT2D eigenvalue weighted by atomic mass is 35.5. The number of halogens is 2. The molecule has 7 heteroatoms. The third-order valence-electron chi connectivity index (χ3n) is 5.51. The zero-order valence-electron chi connectivity index (χ0n) is 15.6. The minimum absolute atomic E-state index is 0.0902. The third-order valence-corrected chi connectivity index (χ3v) is 5.74. The maximum Gasteiger partial charge on any atom is 0.323 e. The Balaban J connectivity index is 1.57. The summed E-state index contributed by atoms with van der Waals surface area (Å²) in [5, 5.41) is 10.3. The molecule has 1 aliphatic rings. The number of amides is 1. The molecule has 0 radical (unpaired) electrons. The predicted molar refractivity (Wildman–Crippen MR) is 109 cm³/mol. The van der Waals surface area contributed by atoms with Gasteiger partial charge in [0.15, 0.2) is 0 Å². The predicted octanol–water partition coefficient (Wildman–Crippen LogP) is 4.54. The SMILES string of the molecule is O=C(O)Cn1cc(C(=O)N2CCC(c3ccccc3F)CC2)c2ccc(Cl)cc21. The standard InChI is InChI=1S/C22H20ClFN2O3/c23-15-5-6-17-18(12-26(13-21(27)28)20(17)11-15)22(29)25-9-7-14(8-10-25)16-3-1-2-4-19(16)24/h1-6,11-12,14H,7-10,13H2,(H,27,28). The number of aromatic nitrogens is 1. The molecule has 0 bridgehead atoms. The Bertz CT molecular complexity index is 1090. The Labute approximate surface area is 172 Å². The molecule has 1 aromatic heterocycles. The van der Waals surface area contributed by atoms with Crippen molar-refractivity contribution in [3.05, 3.63) is 70.6 Å². The van der Waals surface area contributed by atoms with Crippen LogP contribution in [0.25, 0.3) is 10.9 Å². The number of carboxylic acids is 1. The van der Waals surface area contributed by atoms with Gasteiger partial charge in [0.2, 0.25) is 0 Å². The average Bonchev–Trinajstić information content (AvgIpc) is 3.05. The Kier molecular flexibility index (Phi) is 5.28. The van der Waals surface area contributed by atoms with Gasteiger partial charge in [0.1, 0.15) is 12.4 Å². The van der Waals surface area contributed by atoms with E-state index in [1.165, 1.54) is 10.6 Å². The van der Waals surface area contributed by atoms with Crippen LogP contribution in [0.4, 0.5) is 4.39 Å². The summed E-state index contributed by atoms with van der Waals surface area (Å²) in [5.41, 5.74) is 1.78. The van der Waals surface area contributed by atoms with E-state index < -0.39 is 5.97 Å². The van der Waals surface area contributed by atoms with Crippen LogP contribution in [0.1, 0.15) is 34.7 Å². The highest BCUT2D eigenvalue weighted by Crippen LogP contribution is 2.32. The zero-order valence-corrected chi connectivity index (χ0v) is 16.4. The topological polar surface area (TPSA) is 62.5 Å². The first-order valence-electron chi connectivity index (χ1n) is 9.48. The van der Waals surface area contributed by atoms with Crippen LogP contribution in [0.5, 0.6) is 0 Å². The summed E-state index contributed by atoms with van der Waals surface area (Å²) in [6.07, 6.45) is 2.96. The lowest BCUT2D eigenvalue weighted by Gasteiger charge is -2.32. The van der Waals surface area contributed by atoms with Crippen LogP contribution >= 0.6 is 11.6 Å². The van der Waals surface area contributed by atoms with Gasteiger partial charge >= 0.3 is 5.97 Å². The molecular weight excluding hydrogens is 395 g/mol. The second kappa shape index (κ2) is 7.87. The van der Waals surface area contributed by atoms with Gasteiger partial charge in [-0.05, 0) is 42.5 Å². The summed E-state index contributed by atoms with van der Waals surface area (Å²) in [6.45, 7) is 0.799. The van der Waals surface area contributed by atoms with Crippen LogP contribution in [0.15, 0.2) is 48.7 Å². The maximum absolute atomic E-state index is 14.1. The van der Waals surface area contributed by atoms with Gasteiger partial charge in [-0.1, -0.05) is 35.9 Å². The number of hydrogen-bond donors (Lipinski definition) is 1. The van der Waals surface area contributed by atoms with Crippen LogP contribution in [-0.2, 0) is 11.3 Å². The second-order valence-electron chi connectivity index (χ2n) is 7.31. The molecule has 2 aromatic carbocycles. The van der Waals surface area contributed by atoms with Crippen LogP contribution < -0.4 is 0 Å². The number of piperidine rings is 1. The van der Waals surface area contributed by atoms with Gasteiger partial charge in [0.25, 0.3) is 5.91 Å². The Morgan fingerprint density at radius 1 is 1.14 bits per heavy atom. The number of carbonyl (C=O) groups is 2. The highest BCUT2D eigenvalue weighted by Gasteiger charge is 2.28. The summed E-state index contributed by atoms with van der Waals surface area (Å²) >= 11 is 6.07. The number of nitrogens with zero attached hydrogens (tertiary/aromatic N) is 2. The summed E-state index contributed by atoms with van der Waals surface area (Å²) in [7, 11) is 0. The van der Waals surface area contributed by atoms with Crippen molar-refractivity contribution >= 4 is 34.4 Å². The summed E-state index contributed by atoms with van der Waals surface area (Å²) in [6, 6.07) is 11.9. The number of benzene rings is 2. The van der Waals surface area contributed by atoms with Crippen molar-refractivity contribution in [3.63, 3.8) is 0 Å². The van der Waals surface area contributed by atoms with Crippen molar-refractivity contribution < 1.29 is 19.1 Å². The van der Waals surface area contributed by atoms with Crippen molar-refractivity contribution in [1.29, 1.82) is 0 Å². The molecule has 1 aliphatic heterocycles. The van der Waals surface area contributed by atoms with E-state index >= 15 is 0 Å². The number of carboxylic acid groups (broad SMARTS) is 1. The van der Waals surface area contributed by atoms with Crippen LogP contribution in [0.2, 0.25) is 5.02 Å². The fourth-order valence-corrected chi connectivity index (χ4v) is 4.25. The van der Waals surface area contributed by atoms with Gasteiger partial charge in [0, 0.05) is 29.7 Å².